The Labute approximate surface area is 124 Å². The topological polar surface area (TPSA) is 54.0 Å². The van der Waals surface area contributed by atoms with Gasteiger partial charge in [-0.3, -0.25) is 9.78 Å². The van der Waals surface area contributed by atoms with Crippen molar-refractivity contribution in [3.8, 4) is 0 Å². The third-order valence-corrected chi connectivity index (χ3v) is 4.12. The van der Waals surface area contributed by atoms with Crippen LogP contribution in [-0.4, -0.2) is 35.0 Å². The molecule has 1 amide bonds. The molecule has 0 radical (unpaired) electrons. The van der Waals surface area contributed by atoms with Crippen LogP contribution in [0.3, 0.4) is 0 Å². The van der Waals surface area contributed by atoms with Gasteiger partial charge in [-0.2, -0.15) is 11.8 Å². The minimum absolute atomic E-state index is 0. The van der Waals surface area contributed by atoms with Gasteiger partial charge in [0.2, 0.25) is 5.91 Å². The Hall–Kier alpha value is -0.780. The van der Waals surface area contributed by atoms with Gasteiger partial charge < -0.3 is 10.6 Å². The first-order chi connectivity index (χ1) is 8.75. The molecule has 1 aliphatic heterocycles. The standard InChI is InChI=1S/C13H19N3OS.ClH/c1-10(11-3-2-4-14-8-11)16-13(17)7-12-9-18-6-5-15-12;/h2-4,8,10,12,15H,5-7,9H2,1H3,(H,16,17);1H. The number of amides is 1. The molecular weight excluding hydrogens is 282 g/mol. The first-order valence-electron chi connectivity index (χ1n) is 6.26. The van der Waals surface area contributed by atoms with Gasteiger partial charge in [0.15, 0.2) is 0 Å². The van der Waals surface area contributed by atoms with Gasteiger partial charge in [-0.25, -0.2) is 0 Å². The van der Waals surface area contributed by atoms with Crippen LogP contribution in [0, 0.1) is 0 Å². The number of aromatic nitrogens is 1. The van der Waals surface area contributed by atoms with Crippen molar-refractivity contribution in [2.24, 2.45) is 0 Å². The molecule has 1 aromatic rings. The van der Waals surface area contributed by atoms with Gasteiger partial charge in [-0.1, -0.05) is 6.07 Å². The second-order valence-corrected chi connectivity index (χ2v) is 5.66. The molecule has 2 unspecified atom stereocenters. The lowest BCUT2D eigenvalue weighted by atomic mass is 10.1. The number of carbonyl (C=O) groups excluding carboxylic acids is 1. The predicted molar refractivity (Wildman–Crippen MR) is 81.8 cm³/mol. The Morgan fingerprint density at radius 1 is 1.68 bits per heavy atom. The summed E-state index contributed by atoms with van der Waals surface area (Å²) in [6.45, 7) is 2.98. The maximum atomic E-state index is 11.9. The highest BCUT2D eigenvalue weighted by Crippen LogP contribution is 2.13. The van der Waals surface area contributed by atoms with Crippen LogP contribution < -0.4 is 10.6 Å². The van der Waals surface area contributed by atoms with Crippen LogP contribution in [0.1, 0.15) is 24.9 Å². The first-order valence-corrected chi connectivity index (χ1v) is 7.41. The smallest absolute Gasteiger partial charge is 0.222 e. The number of halogens is 1. The summed E-state index contributed by atoms with van der Waals surface area (Å²) in [6, 6.07) is 4.19. The monoisotopic (exact) mass is 301 g/mol. The lowest BCUT2D eigenvalue weighted by molar-refractivity contribution is -0.122. The van der Waals surface area contributed by atoms with E-state index in [1.165, 1.54) is 0 Å². The molecule has 1 aromatic heterocycles. The highest BCUT2D eigenvalue weighted by Gasteiger charge is 2.18. The van der Waals surface area contributed by atoms with Gasteiger partial charge in [0.05, 0.1) is 6.04 Å². The van der Waals surface area contributed by atoms with E-state index in [9.17, 15) is 4.79 Å². The van der Waals surface area contributed by atoms with E-state index in [0.29, 0.717) is 12.5 Å². The minimum Gasteiger partial charge on any atom is -0.349 e. The largest absolute Gasteiger partial charge is 0.349 e. The Kier molecular flexibility index (Phi) is 7.20. The molecule has 0 bridgehead atoms. The molecule has 2 rings (SSSR count). The average Bonchev–Trinajstić information content (AvgIpc) is 2.40. The van der Waals surface area contributed by atoms with Crippen LogP contribution in [-0.2, 0) is 4.79 Å². The zero-order chi connectivity index (χ0) is 12.8. The van der Waals surface area contributed by atoms with E-state index in [0.717, 1.165) is 23.6 Å². The van der Waals surface area contributed by atoms with Gasteiger partial charge in [-0.15, -0.1) is 12.4 Å². The second-order valence-electron chi connectivity index (χ2n) is 4.51. The van der Waals surface area contributed by atoms with Crippen LogP contribution in [0.5, 0.6) is 0 Å². The fourth-order valence-corrected chi connectivity index (χ4v) is 2.94. The predicted octanol–water partition coefficient (Wildman–Crippen LogP) is 1.78. The molecule has 4 nitrogen and oxygen atoms in total. The van der Waals surface area contributed by atoms with Crippen molar-refractivity contribution in [2.45, 2.75) is 25.4 Å². The molecule has 0 saturated carbocycles. The molecule has 0 aromatic carbocycles. The number of hydrogen-bond donors (Lipinski definition) is 2. The molecule has 2 N–H and O–H groups in total. The summed E-state index contributed by atoms with van der Waals surface area (Å²) in [5, 5.41) is 6.38. The highest BCUT2D eigenvalue weighted by molar-refractivity contribution is 7.99. The number of pyridine rings is 1. The van der Waals surface area contributed by atoms with E-state index in [2.05, 4.69) is 15.6 Å². The summed E-state index contributed by atoms with van der Waals surface area (Å²) in [5.74, 6) is 2.27. The maximum absolute atomic E-state index is 11.9. The van der Waals surface area contributed by atoms with Gasteiger partial charge in [-0.05, 0) is 18.6 Å². The zero-order valence-corrected chi connectivity index (χ0v) is 12.6. The Morgan fingerprint density at radius 3 is 3.16 bits per heavy atom. The van der Waals surface area contributed by atoms with Crippen LogP contribution >= 0.6 is 24.2 Å². The van der Waals surface area contributed by atoms with Gasteiger partial charge in [0.1, 0.15) is 0 Å². The number of carbonyl (C=O) groups is 1. The fourth-order valence-electron chi connectivity index (χ4n) is 1.99. The summed E-state index contributed by atoms with van der Waals surface area (Å²) in [7, 11) is 0. The van der Waals surface area contributed by atoms with Crippen LogP contribution in [0.15, 0.2) is 24.5 Å². The van der Waals surface area contributed by atoms with Crippen LogP contribution in [0.2, 0.25) is 0 Å². The molecule has 0 aliphatic carbocycles. The number of hydrogen-bond acceptors (Lipinski definition) is 4. The van der Waals surface area contributed by atoms with Crippen molar-refractivity contribution in [2.75, 3.05) is 18.1 Å². The van der Waals surface area contributed by atoms with Gasteiger partial charge in [0, 0.05) is 42.9 Å². The lowest BCUT2D eigenvalue weighted by Crippen LogP contribution is -2.41. The Bertz CT molecular complexity index is 385. The molecule has 2 heterocycles. The summed E-state index contributed by atoms with van der Waals surface area (Å²) in [5.41, 5.74) is 1.04. The van der Waals surface area contributed by atoms with Crippen molar-refractivity contribution in [3.63, 3.8) is 0 Å². The summed E-state index contributed by atoms with van der Waals surface area (Å²) in [6.07, 6.45) is 4.08. The maximum Gasteiger partial charge on any atom is 0.222 e. The molecule has 2 atom stereocenters. The molecule has 19 heavy (non-hydrogen) atoms. The summed E-state index contributed by atoms with van der Waals surface area (Å²) in [4.78, 5) is 16.0. The van der Waals surface area contributed by atoms with Crippen molar-refractivity contribution in [1.82, 2.24) is 15.6 Å². The molecule has 6 heteroatoms. The summed E-state index contributed by atoms with van der Waals surface area (Å²) < 4.78 is 0. The third-order valence-electron chi connectivity index (χ3n) is 2.99. The molecule has 1 aliphatic rings. The minimum atomic E-state index is 0. The van der Waals surface area contributed by atoms with Crippen molar-refractivity contribution in [3.05, 3.63) is 30.1 Å². The highest BCUT2D eigenvalue weighted by atomic mass is 35.5. The van der Waals surface area contributed by atoms with Crippen molar-refractivity contribution in [1.29, 1.82) is 0 Å². The van der Waals surface area contributed by atoms with Gasteiger partial charge >= 0.3 is 0 Å². The second kappa shape index (κ2) is 8.40. The zero-order valence-electron chi connectivity index (χ0n) is 11.0. The third kappa shape index (κ3) is 5.38. The van der Waals surface area contributed by atoms with E-state index in [4.69, 9.17) is 0 Å². The molecular formula is C13H20ClN3OS. The van der Waals surface area contributed by atoms with E-state index >= 15 is 0 Å². The lowest BCUT2D eigenvalue weighted by Gasteiger charge is -2.23. The molecule has 1 saturated heterocycles. The SMILES string of the molecule is CC(NC(=O)CC1CSCCN1)c1cccnc1.Cl. The van der Waals surface area contributed by atoms with E-state index in [1.807, 2.05) is 30.8 Å². The van der Waals surface area contributed by atoms with Crippen molar-refractivity contribution < 1.29 is 4.79 Å². The molecule has 106 valence electrons. The van der Waals surface area contributed by atoms with E-state index in [-0.39, 0.29) is 24.4 Å². The Morgan fingerprint density at radius 2 is 2.53 bits per heavy atom. The van der Waals surface area contributed by atoms with Crippen molar-refractivity contribution >= 4 is 30.1 Å². The summed E-state index contributed by atoms with van der Waals surface area (Å²) >= 11 is 1.91. The van der Waals surface area contributed by atoms with E-state index in [1.54, 1.807) is 12.4 Å². The number of nitrogens with zero attached hydrogens (tertiary/aromatic N) is 1. The average molecular weight is 302 g/mol. The number of thioether (sulfide) groups is 1. The quantitative estimate of drug-likeness (QED) is 0.890. The first kappa shape index (κ1) is 16.3. The number of nitrogens with one attached hydrogen (secondary N) is 2. The van der Waals surface area contributed by atoms with Crippen LogP contribution in [0.25, 0.3) is 0 Å². The molecule has 0 spiro atoms. The van der Waals surface area contributed by atoms with E-state index < -0.39 is 0 Å². The normalized spacial score (nSPS) is 20.2. The number of rotatable bonds is 4. The molecule has 1 fully saturated rings. The Balaban J connectivity index is 0.00000180. The van der Waals surface area contributed by atoms with Gasteiger partial charge in [0.25, 0.3) is 0 Å². The fraction of sp³-hybridized carbons (Fsp3) is 0.538. The van der Waals surface area contributed by atoms with Crippen LogP contribution in [0.4, 0.5) is 0 Å².